The Kier molecular flexibility index (Phi) is 7.59. The Morgan fingerprint density at radius 2 is 1.68 bits per heavy atom. The van der Waals surface area contributed by atoms with E-state index in [2.05, 4.69) is 27.4 Å². The van der Waals surface area contributed by atoms with Crippen molar-refractivity contribution in [3.63, 3.8) is 0 Å². The van der Waals surface area contributed by atoms with Crippen LogP contribution in [0, 0.1) is 10.1 Å². The second kappa shape index (κ2) is 10.8. The number of nitrogens with zero attached hydrogens (tertiary/aromatic N) is 4. The zero-order valence-corrected chi connectivity index (χ0v) is 20.1. The zero-order valence-electron chi connectivity index (χ0n) is 19.3. The van der Waals surface area contributed by atoms with Crippen LogP contribution >= 0.6 is 12.2 Å². The minimum absolute atomic E-state index is 0.0659. The zero-order chi connectivity index (χ0) is 24.1. The lowest BCUT2D eigenvalue weighted by molar-refractivity contribution is -0.384. The van der Waals surface area contributed by atoms with Crippen LogP contribution in [0.25, 0.3) is 0 Å². The van der Waals surface area contributed by atoms with Gasteiger partial charge in [0.2, 0.25) is 0 Å². The minimum atomic E-state index is -0.487. The van der Waals surface area contributed by atoms with Gasteiger partial charge in [0.05, 0.1) is 4.92 Å². The molecule has 0 radical (unpaired) electrons. The van der Waals surface area contributed by atoms with Crippen molar-refractivity contribution >= 4 is 46.0 Å². The number of amides is 1. The van der Waals surface area contributed by atoms with Crippen molar-refractivity contribution in [1.29, 1.82) is 0 Å². The highest BCUT2D eigenvalue weighted by molar-refractivity contribution is 7.80. The Morgan fingerprint density at radius 3 is 2.29 bits per heavy atom. The van der Waals surface area contributed by atoms with Crippen molar-refractivity contribution in [2.24, 2.45) is 0 Å². The highest BCUT2D eigenvalue weighted by Gasteiger charge is 2.24. The van der Waals surface area contributed by atoms with E-state index in [0.29, 0.717) is 5.69 Å². The van der Waals surface area contributed by atoms with Gasteiger partial charge in [-0.2, -0.15) is 0 Å². The molecule has 2 saturated heterocycles. The molecule has 0 aromatic heterocycles. The number of carbonyl (C=O) groups is 1. The second-order valence-electron chi connectivity index (χ2n) is 8.53. The molecule has 2 aromatic rings. The number of carbonyl (C=O) groups excluding carboxylic acids is 1. The molecule has 2 aliphatic heterocycles. The Bertz CT molecular complexity index is 1050. The van der Waals surface area contributed by atoms with Crippen molar-refractivity contribution in [2.75, 3.05) is 60.9 Å². The Hall–Kier alpha value is -3.24. The smallest absolute Gasteiger partial charge is 0.293 e. The monoisotopic (exact) mass is 482 g/mol. The molecule has 2 N–H and O–H groups in total. The molecular formula is C24H30N6O3S. The molecular weight excluding hydrogens is 452 g/mol. The van der Waals surface area contributed by atoms with Gasteiger partial charge in [-0.05, 0) is 68.0 Å². The van der Waals surface area contributed by atoms with Crippen molar-refractivity contribution < 1.29 is 9.72 Å². The number of rotatable bonds is 6. The summed E-state index contributed by atoms with van der Waals surface area (Å²) in [4.78, 5) is 30.6. The summed E-state index contributed by atoms with van der Waals surface area (Å²) in [5.74, 6) is -0.487. The molecule has 1 amide bonds. The minimum Gasteiger partial charge on any atom is -0.369 e. The highest BCUT2D eigenvalue weighted by atomic mass is 32.1. The molecule has 0 bridgehead atoms. The van der Waals surface area contributed by atoms with E-state index in [-0.39, 0.29) is 16.4 Å². The molecule has 0 unspecified atom stereocenters. The summed E-state index contributed by atoms with van der Waals surface area (Å²) in [5.41, 5.74) is 2.60. The Morgan fingerprint density at radius 1 is 1.00 bits per heavy atom. The lowest BCUT2D eigenvalue weighted by Gasteiger charge is -2.35. The van der Waals surface area contributed by atoms with Gasteiger partial charge in [-0.15, -0.1) is 0 Å². The third-order valence-electron chi connectivity index (χ3n) is 6.42. The molecule has 2 aromatic carbocycles. The van der Waals surface area contributed by atoms with Crippen LogP contribution in [0.5, 0.6) is 0 Å². The van der Waals surface area contributed by atoms with Gasteiger partial charge in [0.1, 0.15) is 5.69 Å². The number of anilines is 3. The predicted octanol–water partition coefficient (Wildman–Crippen LogP) is 3.46. The number of hydrogen-bond donors (Lipinski definition) is 2. The molecule has 34 heavy (non-hydrogen) atoms. The van der Waals surface area contributed by atoms with E-state index in [1.165, 1.54) is 6.07 Å². The number of nitrogens with one attached hydrogen (secondary N) is 2. The molecule has 0 atom stereocenters. The summed E-state index contributed by atoms with van der Waals surface area (Å²) >= 11 is 5.29. The van der Waals surface area contributed by atoms with E-state index in [4.69, 9.17) is 12.2 Å². The van der Waals surface area contributed by atoms with Gasteiger partial charge in [-0.1, -0.05) is 6.92 Å². The quantitative estimate of drug-likeness (QED) is 0.367. The first-order valence-corrected chi connectivity index (χ1v) is 12.1. The number of nitro groups is 1. The van der Waals surface area contributed by atoms with Crippen molar-refractivity contribution in [1.82, 2.24) is 10.2 Å². The first-order chi connectivity index (χ1) is 16.4. The van der Waals surface area contributed by atoms with Crippen molar-refractivity contribution in [3.8, 4) is 0 Å². The maximum atomic E-state index is 12.7. The fourth-order valence-corrected chi connectivity index (χ4v) is 4.66. The first kappa shape index (κ1) is 23.9. The fourth-order valence-electron chi connectivity index (χ4n) is 4.45. The van der Waals surface area contributed by atoms with Crippen LogP contribution in [-0.2, 0) is 0 Å². The Labute approximate surface area is 204 Å². The number of hydrogen-bond acceptors (Lipinski definition) is 7. The summed E-state index contributed by atoms with van der Waals surface area (Å²) in [5, 5.41) is 17.4. The van der Waals surface area contributed by atoms with Gasteiger partial charge < -0.3 is 20.0 Å². The van der Waals surface area contributed by atoms with Gasteiger partial charge in [0.15, 0.2) is 5.11 Å². The maximum absolute atomic E-state index is 12.7. The van der Waals surface area contributed by atoms with E-state index >= 15 is 0 Å². The molecule has 0 aliphatic carbocycles. The number of benzene rings is 2. The van der Waals surface area contributed by atoms with E-state index in [9.17, 15) is 14.9 Å². The average Bonchev–Trinajstić information content (AvgIpc) is 3.39. The summed E-state index contributed by atoms with van der Waals surface area (Å²) in [6.45, 7) is 8.95. The van der Waals surface area contributed by atoms with Gasteiger partial charge in [-0.25, -0.2) is 0 Å². The largest absolute Gasteiger partial charge is 0.369 e. The van der Waals surface area contributed by atoms with Crippen molar-refractivity contribution in [2.45, 2.75) is 19.8 Å². The maximum Gasteiger partial charge on any atom is 0.293 e. The van der Waals surface area contributed by atoms with Gasteiger partial charge in [-0.3, -0.25) is 20.2 Å². The van der Waals surface area contributed by atoms with Crippen LogP contribution in [-0.4, -0.2) is 66.7 Å². The molecule has 9 nitrogen and oxygen atoms in total. The number of piperazine rings is 1. The lowest BCUT2D eigenvalue weighted by atomic mass is 10.1. The second-order valence-corrected chi connectivity index (χ2v) is 8.94. The van der Waals surface area contributed by atoms with Crippen LogP contribution in [0.15, 0.2) is 42.5 Å². The summed E-state index contributed by atoms with van der Waals surface area (Å²) in [6.07, 6.45) is 2.02. The normalized spacial score (nSPS) is 16.4. The van der Waals surface area contributed by atoms with Gasteiger partial charge in [0.25, 0.3) is 11.6 Å². The third kappa shape index (κ3) is 5.63. The first-order valence-electron chi connectivity index (χ1n) is 11.7. The van der Waals surface area contributed by atoms with Crippen LogP contribution in [0.3, 0.4) is 0 Å². The predicted molar refractivity (Wildman–Crippen MR) is 139 cm³/mol. The molecule has 2 fully saturated rings. The van der Waals surface area contributed by atoms with Crippen molar-refractivity contribution in [3.05, 3.63) is 58.1 Å². The molecule has 4 rings (SSSR count). The number of nitro benzene ring substituents is 1. The summed E-state index contributed by atoms with van der Waals surface area (Å²) in [6, 6.07) is 12.5. The molecule has 2 aliphatic rings. The summed E-state index contributed by atoms with van der Waals surface area (Å²) < 4.78 is 0. The van der Waals surface area contributed by atoms with E-state index in [0.717, 1.165) is 70.0 Å². The van der Waals surface area contributed by atoms with E-state index in [1.54, 1.807) is 12.1 Å². The van der Waals surface area contributed by atoms with Crippen LogP contribution in [0.2, 0.25) is 0 Å². The highest BCUT2D eigenvalue weighted by Crippen LogP contribution is 2.31. The number of likely N-dealkylation sites (N-methyl/N-ethyl adjacent to an activating group) is 1. The van der Waals surface area contributed by atoms with E-state index in [1.807, 2.05) is 29.2 Å². The average molecular weight is 483 g/mol. The molecule has 10 heteroatoms. The van der Waals surface area contributed by atoms with Gasteiger partial charge >= 0.3 is 0 Å². The molecule has 180 valence electrons. The van der Waals surface area contributed by atoms with E-state index < -0.39 is 10.8 Å². The SMILES string of the molecule is CCN1CCN(c2ccc(NC(=S)NC(=O)c3ccc(N4CCCC4)c([N+](=O)[O-])c3)cc2)CC1. The van der Waals surface area contributed by atoms with Gasteiger partial charge in [0, 0.05) is 62.3 Å². The molecule has 2 heterocycles. The van der Waals surface area contributed by atoms with Crippen LogP contribution in [0.1, 0.15) is 30.1 Å². The summed E-state index contributed by atoms with van der Waals surface area (Å²) in [7, 11) is 0. The number of thiocarbonyl (C=S) groups is 1. The third-order valence-corrected chi connectivity index (χ3v) is 6.62. The van der Waals surface area contributed by atoms with Crippen LogP contribution < -0.4 is 20.4 Å². The molecule has 0 saturated carbocycles. The lowest BCUT2D eigenvalue weighted by Crippen LogP contribution is -2.46. The topological polar surface area (TPSA) is 94.0 Å². The fraction of sp³-hybridized carbons (Fsp3) is 0.417. The van der Waals surface area contributed by atoms with Crippen LogP contribution in [0.4, 0.5) is 22.7 Å². The molecule has 0 spiro atoms. The Balaban J connectivity index is 1.35. The standard InChI is InChI=1S/C24H30N6O3S/c1-2-27-13-15-28(16-14-27)20-8-6-19(7-9-20)25-24(34)26-23(31)18-5-10-21(22(17-18)30(32)33)29-11-3-4-12-29/h5-10,17H,2-4,11-16H2,1H3,(H2,25,26,31,34).